The zero-order valence-corrected chi connectivity index (χ0v) is 20.2. The molecule has 0 saturated carbocycles. The van der Waals surface area contributed by atoms with Crippen molar-refractivity contribution < 1.29 is 28.7 Å². The largest absolute Gasteiger partial charge is 0.466 e. The number of amides is 1. The number of ether oxygens (including phenoxy) is 2. The van der Waals surface area contributed by atoms with Gasteiger partial charge in [-0.2, -0.15) is 0 Å². The van der Waals surface area contributed by atoms with Gasteiger partial charge in [0.1, 0.15) is 17.2 Å². The number of esters is 2. The number of rotatable bonds is 4. The van der Waals surface area contributed by atoms with E-state index >= 15 is 0 Å². The lowest BCUT2D eigenvalue weighted by molar-refractivity contribution is -0.140. The minimum absolute atomic E-state index is 0.251. The summed E-state index contributed by atoms with van der Waals surface area (Å²) in [5.41, 5.74) is -1.28. The summed E-state index contributed by atoms with van der Waals surface area (Å²) in [6.45, 7) is 0. The summed E-state index contributed by atoms with van der Waals surface area (Å²) in [5.74, 6) is -2.45. The van der Waals surface area contributed by atoms with Gasteiger partial charge in [-0.3, -0.25) is 19.5 Å². The topological polar surface area (TPSA) is 103 Å². The number of benzene rings is 2. The molecule has 8 nitrogen and oxygen atoms in total. The molecule has 36 heavy (non-hydrogen) atoms. The highest BCUT2D eigenvalue weighted by Crippen LogP contribution is 2.62. The van der Waals surface area contributed by atoms with E-state index in [1.165, 1.54) is 6.20 Å². The fourth-order valence-electron chi connectivity index (χ4n) is 4.92. The van der Waals surface area contributed by atoms with Crippen molar-refractivity contribution >= 4 is 34.7 Å². The molecule has 1 spiro atoms. The Hall–Kier alpha value is -4.24. The number of methoxy groups -OCH3 is 2. The number of fused-ring (bicyclic) bond motifs is 2. The van der Waals surface area contributed by atoms with Crippen molar-refractivity contribution in [1.82, 2.24) is 9.88 Å². The van der Waals surface area contributed by atoms with Gasteiger partial charge >= 0.3 is 11.9 Å². The molecule has 9 heteroatoms. The molecule has 0 aliphatic carbocycles. The lowest BCUT2D eigenvalue weighted by atomic mass is 9.70. The molecule has 0 N–H and O–H groups in total. The second-order valence-electron chi connectivity index (χ2n) is 8.10. The van der Waals surface area contributed by atoms with Gasteiger partial charge in [0.25, 0.3) is 5.91 Å². The van der Waals surface area contributed by atoms with Crippen LogP contribution in [0.5, 0.6) is 0 Å². The number of hydrogen-bond acceptors (Lipinski definition) is 8. The van der Waals surface area contributed by atoms with Crippen LogP contribution >= 0.6 is 11.8 Å². The van der Waals surface area contributed by atoms with E-state index in [2.05, 4.69) is 4.98 Å². The third-order valence-corrected chi connectivity index (χ3v) is 7.44. The van der Waals surface area contributed by atoms with E-state index in [1.807, 2.05) is 0 Å². The lowest BCUT2D eigenvalue weighted by Gasteiger charge is -2.35. The molecule has 3 aromatic rings. The van der Waals surface area contributed by atoms with Crippen LogP contribution in [0.3, 0.4) is 0 Å². The number of carbonyl (C=O) groups excluding carboxylic acids is 4. The molecule has 1 amide bonds. The van der Waals surface area contributed by atoms with Crippen LogP contribution in [0.25, 0.3) is 0 Å². The van der Waals surface area contributed by atoms with Gasteiger partial charge in [-0.05, 0) is 35.9 Å². The van der Waals surface area contributed by atoms with Crippen LogP contribution in [-0.2, 0) is 29.3 Å². The second-order valence-corrected chi connectivity index (χ2v) is 9.11. The first-order chi connectivity index (χ1) is 17.5. The van der Waals surface area contributed by atoms with Crippen LogP contribution in [0.2, 0.25) is 0 Å². The standard InChI is InChI=1S/C27H20N2O6S/c1-34-24(31)20-21(25(32)35-2)29(23(30)16-10-4-3-5-11-16)22(18-13-8-9-15-28-18)27(20)17-12-6-7-14-19(17)36-26(27)33/h3-15,22H,1-2H3. The predicted molar refractivity (Wildman–Crippen MR) is 130 cm³/mol. The Morgan fingerprint density at radius 2 is 1.56 bits per heavy atom. The van der Waals surface area contributed by atoms with Gasteiger partial charge < -0.3 is 9.47 Å². The Balaban J connectivity index is 1.92. The number of nitrogens with zero attached hydrogens (tertiary/aromatic N) is 2. The summed E-state index contributed by atoms with van der Waals surface area (Å²) in [5, 5.41) is -0.426. The summed E-state index contributed by atoms with van der Waals surface area (Å²) in [4.78, 5) is 61.1. The van der Waals surface area contributed by atoms with Crippen LogP contribution in [0.15, 0.2) is 95.2 Å². The fraction of sp³-hybridized carbons (Fsp3) is 0.148. The van der Waals surface area contributed by atoms with Crippen molar-refractivity contribution in [3.8, 4) is 0 Å². The molecule has 2 aromatic carbocycles. The Kier molecular flexibility index (Phi) is 5.93. The van der Waals surface area contributed by atoms with E-state index in [0.717, 1.165) is 30.9 Å². The molecule has 0 fully saturated rings. The molecule has 2 atom stereocenters. The maximum atomic E-state index is 14.1. The van der Waals surface area contributed by atoms with Crippen molar-refractivity contribution in [1.29, 1.82) is 0 Å². The summed E-state index contributed by atoms with van der Waals surface area (Å²) >= 11 is 0.949. The number of hydrogen-bond donors (Lipinski definition) is 0. The second kappa shape index (κ2) is 9.09. The average molecular weight is 501 g/mol. The SMILES string of the molecule is COC(=O)C1=C(C(=O)OC)C2(C(=O)Sc3ccccc32)C(c2ccccn2)N1C(=O)c1ccccc1. The molecule has 5 rings (SSSR count). The van der Waals surface area contributed by atoms with E-state index < -0.39 is 34.4 Å². The zero-order valence-electron chi connectivity index (χ0n) is 19.3. The Labute approximate surface area is 210 Å². The van der Waals surface area contributed by atoms with Gasteiger partial charge in [-0.25, -0.2) is 9.59 Å². The van der Waals surface area contributed by atoms with E-state index in [-0.39, 0.29) is 16.8 Å². The fourth-order valence-corrected chi connectivity index (χ4v) is 6.09. The highest BCUT2D eigenvalue weighted by atomic mass is 32.2. The molecule has 1 aromatic heterocycles. The van der Waals surface area contributed by atoms with Gasteiger partial charge in [0.15, 0.2) is 0 Å². The molecular formula is C27H20N2O6S. The summed E-state index contributed by atoms with van der Waals surface area (Å²) in [6.07, 6.45) is 1.53. The highest BCUT2D eigenvalue weighted by molar-refractivity contribution is 8.14. The molecule has 0 radical (unpaired) electrons. The summed E-state index contributed by atoms with van der Waals surface area (Å²) in [7, 11) is 2.31. The number of thioether (sulfide) groups is 1. The van der Waals surface area contributed by atoms with Crippen molar-refractivity contribution in [3.05, 3.63) is 107 Å². The molecule has 0 bridgehead atoms. The molecule has 2 aliphatic rings. The molecule has 2 unspecified atom stereocenters. The third-order valence-electron chi connectivity index (χ3n) is 6.35. The first kappa shape index (κ1) is 23.5. The molecule has 3 heterocycles. The monoisotopic (exact) mass is 500 g/mol. The average Bonchev–Trinajstić information content (AvgIpc) is 3.41. The van der Waals surface area contributed by atoms with E-state index in [4.69, 9.17) is 9.47 Å². The predicted octanol–water partition coefficient (Wildman–Crippen LogP) is 3.45. The maximum absolute atomic E-state index is 14.1. The third kappa shape index (κ3) is 3.27. The first-order valence-corrected chi connectivity index (χ1v) is 11.8. The zero-order chi connectivity index (χ0) is 25.4. The van der Waals surface area contributed by atoms with Crippen LogP contribution < -0.4 is 0 Å². The van der Waals surface area contributed by atoms with Crippen molar-refractivity contribution in [2.75, 3.05) is 14.2 Å². The van der Waals surface area contributed by atoms with Gasteiger partial charge in [0.2, 0.25) is 5.12 Å². The Morgan fingerprint density at radius 1 is 0.889 bits per heavy atom. The normalized spacial score (nSPS) is 20.4. The van der Waals surface area contributed by atoms with E-state index in [1.54, 1.807) is 72.8 Å². The molecule has 2 aliphatic heterocycles. The first-order valence-electron chi connectivity index (χ1n) is 11.0. The molecular weight excluding hydrogens is 480 g/mol. The lowest BCUT2D eigenvalue weighted by Crippen LogP contribution is -2.45. The van der Waals surface area contributed by atoms with Crippen LogP contribution in [0.4, 0.5) is 0 Å². The summed E-state index contributed by atoms with van der Waals surface area (Å²) < 4.78 is 10.2. The minimum Gasteiger partial charge on any atom is -0.466 e. The van der Waals surface area contributed by atoms with Crippen LogP contribution in [-0.4, -0.2) is 47.1 Å². The van der Waals surface area contributed by atoms with Gasteiger partial charge in [-0.1, -0.05) is 54.2 Å². The Morgan fingerprint density at radius 3 is 2.22 bits per heavy atom. The quantitative estimate of drug-likeness (QED) is 0.502. The van der Waals surface area contributed by atoms with Gasteiger partial charge in [0, 0.05) is 16.7 Å². The van der Waals surface area contributed by atoms with E-state index in [9.17, 15) is 19.2 Å². The molecule has 180 valence electrons. The van der Waals surface area contributed by atoms with Crippen LogP contribution in [0.1, 0.15) is 27.7 Å². The van der Waals surface area contributed by atoms with Crippen molar-refractivity contribution in [3.63, 3.8) is 0 Å². The van der Waals surface area contributed by atoms with Crippen molar-refractivity contribution in [2.45, 2.75) is 16.4 Å². The summed E-state index contributed by atoms with van der Waals surface area (Å²) in [6, 6.07) is 19.2. The number of pyridine rings is 1. The number of carbonyl (C=O) groups is 4. The van der Waals surface area contributed by atoms with Gasteiger partial charge in [-0.15, -0.1) is 0 Å². The van der Waals surface area contributed by atoms with Crippen LogP contribution in [0, 0.1) is 0 Å². The van der Waals surface area contributed by atoms with E-state index in [0.29, 0.717) is 16.2 Å². The minimum atomic E-state index is -1.75. The maximum Gasteiger partial charge on any atom is 0.355 e. The number of aromatic nitrogens is 1. The Bertz CT molecular complexity index is 1420. The molecule has 0 saturated heterocycles. The smallest absolute Gasteiger partial charge is 0.355 e. The highest BCUT2D eigenvalue weighted by Gasteiger charge is 2.67. The van der Waals surface area contributed by atoms with Crippen molar-refractivity contribution in [2.24, 2.45) is 0 Å². The van der Waals surface area contributed by atoms with Gasteiger partial charge in [0.05, 0.1) is 25.5 Å².